The Hall–Kier alpha value is -1.10. The maximum absolute atomic E-state index is 10.6. The summed E-state index contributed by atoms with van der Waals surface area (Å²) in [5.74, 6) is -0.729. The van der Waals surface area contributed by atoms with Crippen LogP contribution >= 0.6 is 0 Å². The Balaban J connectivity index is 2.36. The fourth-order valence-electron chi connectivity index (χ4n) is 1.42. The molecule has 1 heterocycles. The lowest BCUT2D eigenvalue weighted by molar-refractivity contribution is -0.141. The van der Waals surface area contributed by atoms with Crippen molar-refractivity contribution in [2.45, 2.75) is 18.9 Å². The topological polar surface area (TPSA) is 75.6 Å². The van der Waals surface area contributed by atoms with Crippen LogP contribution in [0.4, 0.5) is 0 Å². The lowest BCUT2D eigenvalue weighted by atomic mass is 9.99. The Bertz CT molecular complexity index is 189. The smallest absolute Gasteiger partial charge is 0.326 e. The van der Waals surface area contributed by atoms with E-state index in [0.29, 0.717) is 26.0 Å². The van der Waals surface area contributed by atoms with E-state index >= 15 is 0 Å². The van der Waals surface area contributed by atoms with Gasteiger partial charge < -0.3 is 15.2 Å². The van der Waals surface area contributed by atoms with E-state index in [1.807, 2.05) is 0 Å². The van der Waals surface area contributed by atoms with E-state index < -0.39 is 12.0 Å². The van der Waals surface area contributed by atoms with Crippen LogP contribution in [-0.4, -0.2) is 36.7 Å². The van der Waals surface area contributed by atoms with E-state index in [0.717, 1.165) is 6.42 Å². The van der Waals surface area contributed by atoms with Gasteiger partial charge in [0.15, 0.2) is 0 Å². The number of carbonyl (C=O) groups excluding carboxylic acids is 1. The summed E-state index contributed by atoms with van der Waals surface area (Å²) >= 11 is 0. The molecular weight excluding hydrogens is 174 g/mol. The van der Waals surface area contributed by atoms with Crippen molar-refractivity contribution in [3.05, 3.63) is 0 Å². The molecule has 0 aliphatic carbocycles. The van der Waals surface area contributed by atoms with Gasteiger partial charge in [0, 0.05) is 13.2 Å². The zero-order chi connectivity index (χ0) is 9.68. The number of carboxylic acid groups (broad SMARTS) is 1. The van der Waals surface area contributed by atoms with Gasteiger partial charge in [-0.25, -0.2) is 4.79 Å². The molecule has 0 aromatic heterocycles. The van der Waals surface area contributed by atoms with Crippen molar-refractivity contribution in [3.63, 3.8) is 0 Å². The lowest BCUT2D eigenvalue weighted by Gasteiger charge is -2.14. The quantitative estimate of drug-likeness (QED) is 0.575. The SMILES string of the molecule is O=CNC(CC1CCOC1)C(=O)O. The highest BCUT2D eigenvalue weighted by atomic mass is 16.5. The van der Waals surface area contributed by atoms with Gasteiger partial charge in [-0.05, 0) is 18.8 Å². The molecule has 13 heavy (non-hydrogen) atoms. The first-order valence-electron chi connectivity index (χ1n) is 4.24. The normalized spacial score (nSPS) is 23.8. The highest BCUT2D eigenvalue weighted by Gasteiger charge is 2.24. The van der Waals surface area contributed by atoms with Gasteiger partial charge in [-0.2, -0.15) is 0 Å². The number of carboxylic acids is 1. The van der Waals surface area contributed by atoms with Gasteiger partial charge in [0.2, 0.25) is 6.41 Å². The zero-order valence-electron chi connectivity index (χ0n) is 7.23. The molecule has 0 aromatic rings. The Morgan fingerprint density at radius 1 is 1.77 bits per heavy atom. The average molecular weight is 187 g/mol. The molecule has 0 saturated carbocycles. The van der Waals surface area contributed by atoms with Crippen molar-refractivity contribution in [3.8, 4) is 0 Å². The first-order valence-corrected chi connectivity index (χ1v) is 4.24. The molecule has 0 aromatic carbocycles. The molecule has 5 nitrogen and oxygen atoms in total. The minimum Gasteiger partial charge on any atom is -0.480 e. The standard InChI is InChI=1S/C8H13NO4/c10-5-9-7(8(11)12)3-6-1-2-13-4-6/h5-7H,1-4H2,(H,9,10)(H,11,12). The van der Waals surface area contributed by atoms with Crippen molar-refractivity contribution in [2.24, 2.45) is 5.92 Å². The summed E-state index contributed by atoms with van der Waals surface area (Å²) in [6.45, 7) is 1.29. The molecule has 1 amide bonds. The maximum Gasteiger partial charge on any atom is 0.326 e. The molecule has 2 N–H and O–H groups in total. The summed E-state index contributed by atoms with van der Waals surface area (Å²) in [5, 5.41) is 11.0. The molecule has 5 heteroatoms. The molecule has 2 atom stereocenters. The first kappa shape index (κ1) is 9.98. The third-order valence-electron chi connectivity index (χ3n) is 2.16. The van der Waals surface area contributed by atoms with Crippen LogP contribution in [0.25, 0.3) is 0 Å². The molecule has 0 spiro atoms. The molecule has 1 aliphatic rings. The maximum atomic E-state index is 10.6. The van der Waals surface area contributed by atoms with Crippen LogP contribution in [0.15, 0.2) is 0 Å². The van der Waals surface area contributed by atoms with Crippen molar-refractivity contribution in [1.29, 1.82) is 0 Å². The summed E-state index contributed by atoms with van der Waals surface area (Å²) in [5.41, 5.74) is 0. The Morgan fingerprint density at radius 3 is 3.00 bits per heavy atom. The van der Waals surface area contributed by atoms with Crippen molar-refractivity contribution >= 4 is 12.4 Å². The molecular formula is C8H13NO4. The van der Waals surface area contributed by atoms with Crippen LogP contribution in [0.5, 0.6) is 0 Å². The van der Waals surface area contributed by atoms with Crippen LogP contribution in [0.3, 0.4) is 0 Å². The van der Waals surface area contributed by atoms with E-state index in [4.69, 9.17) is 9.84 Å². The molecule has 1 fully saturated rings. The number of rotatable bonds is 5. The monoisotopic (exact) mass is 187 g/mol. The van der Waals surface area contributed by atoms with Crippen LogP contribution in [0, 0.1) is 5.92 Å². The number of hydrogen-bond acceptors (Lipinski definition) is 3. The fraction of sp³-hybridized carbons (Fsp3) is 0.750. The minimum absolute atomic E-state index is 0.258. The third-order valence-corrected chi connectivity index (χ3v) is 2.16. The molecule has 0 bridgehead atoms. The van der Waals surface area contributed by atoms with Gasteiger partial charge in [-0.15, -0.1) is 0 Å². The molecule has 1 rings (SSSR count). The number of hydrogen-bond donors (Lipinski definition) is 2. The van der Waals surface area contributed by atoms with Gasteiger partial charge in [-0.1, -0.05) is 0 Å². The number of carbonyl (C=O) groups is 2. The second-order valence-corrected chi connectivity index (χ2v) is 3.14. The first-order chi connectivity index (χ1) is 6.24. The summed E-state index contributed by atoms with van der Waals surface area (Å²) in [4.78, 5) is 20.7. The zero-order valence-corrected chi connectivity index (χ0v) is 7.23. The Labute approximate surface area is 76.1 Å². The Morgan fingerprint density at radius 2 is 2.54 bits per heavy atom. The number of nitrogens with one attached hydrogen (secondary N) is 1. The third kappa shape index (κ3) is 3.02. The van der Waals surface area contributed by atoms with Gasteiger partial charge >= 0.3 is 5.97 Å². The van der Waals surface area contributed by atoms with E-state index in [-0.39, 0.29) is 5.92 Å². The number of ether oxygens (including phenoxy) is 1. The molecule has 2 unspecified atom stereocenters. The van der Waals surface area contributed by atoms with Crippen LogP contribution in [0.2, 0.25) is 0 Å². The van der Waals surface area contributed by atoms with Crippen LogP contribution in [-0.2, 0) is 14.3 Å². The van der Waals surface area contributed by atoms with E-state index in [1.165, 1.54) is 0 Å². The summed E-state index contributed by atoms with van der Waals surface area (Å²) in [7, 11) is 0. The van der Waals surface area contributed by atoms with Crippen molar-refractivity contribution in [1.82, 2.24) is 5.32 Å². The number of aliphatic carboxylic acids is 1. The second kappa shape index (κ2) is 4.81. The highest BCUT2D eigenvalue weighted by molar-refractivity contribution is 5.76. The van der Waals surface area contributed by atoms with Crippen LogP contribution in [0.1, 0.15) is 12.8 Å². The largest absolute Gasteiger partial charge is 0.480 e. The fourth-order valence-corrected chi connectivity index (χ4v) is 1.42. The number of amides is 1. The highest BCUT2D eigenvalue weighted by Crippen LogP contribution is 2.17. The predicted octanol–water partition coefficient (Wildman–Crippen LogP) is -0.388. The van der Waals surface area contributed by atoms with E-state index in [9.17, 15) is 9.59 Å². The van der Waals surface area contributed by atoms with E-state index in [1.54, 1.807) is 0 Å². The summed E-state index contributed by atoms with van der Waals surface area (Å²) < 4.78 is 5.11. The average Bonchev–Trinajstić information content (AvgIpc) is 2.56. The van der Waals surface area contributed by atoms with Gasteiger partial charge in [0.05, 0.1) is 0 Å². The molecule has 1 aliphatic heterocycles. The van der Waals surface area contributed by atoms with Crippen molar-refractivity contribution < 1.29 is 19.4 Å². The minimum atomic E-state index is -0.987. The van der Waals surface area contributed by atoms with Gasteiger partial charge in [-0.3, -0.25) is 4.79 Å². The molecule has 1 saturated heterocycles. The van der Waals surface area contributed by atoms with Gasteiger partial charge in [0.1, 0.15) is 6.04 Å². The van der Waals surface area contributed by atoms with Gasteiger partial charge in [0.25, 0.3) is 0 Å². The second-order valence-electron chi connectivity index (χ2n) is 3.14. The predicted molar refractivity (Wildman–Crippen MR) is 44.2 cm³/mol. The molecule has 74 valence electrons. The Kier molecular flexibility index (Phi) is 3.70. The summed E-state index contributed by atoms with van der Waals surface area (Å²) in [6, 6.07) is -0.774. The van der Waals surface area contributed by atoms with Crippen molar-refractivity contribution in [2.75, 3.05) is 13.2 Å². The lowest BCUT2D eigenvalue weighted by Crippen LogP contribution is -2.37. The molecule has 0 radical (unpaired) electrons. The van der Waals surface area contributed by atoms with Crippen LogP contribution < -0.4 is 5.32 Å². The van der Waals surface area contributed by atoms with E-state index in [2.05, 4.69) is 5.32 Å². The summed E-state index contributed by atoms with van der Waals surface area (Å²) in [6.07, 6.45) is 1.76.